The molecule has 0 aliphatic carbocycles. The average Bonchev–Trinajstić information content (AvgIpc) is 2.36. The van der Waals surface area contributed by atoms with Crippen LogP contribution in [0.3, 0.4) is 0 Å². The number of phenolic OH excluding ortho intramolecular Hbond substituents is 1. The van der Waals surface area contributed by atoms with E-state index in [-0.39, 0.29) is 11.7 Å². The normalized spacial score (nSPS) is 13.0. The summed E-state index contributed by atoms with van der Waals surface area (Å²) in [5, 5.41) is 9.51. The monoisotopic (exact) mass is 294 g/mol. The first-order chi connectivity index (χ1) is 9.81. The van der Waals surface area contributed by atoms with E-state index in [1.165, 1.54) is 0 Å². The Balaban J connectivity index is 2.74. The number of hydrogen-bond acceptors (Lipinski definition) is 4. The van der Waals surface area contributed by atoms with Crippen LogP contribution in [0.5, 0.6) is 5.75 Å². The molecule has 4 nitrogen and oxygen atoms in total. The van der Waals surface area contributed by atoms with Gasteiger partial charge in [0.25, 0.3) is 0 Å². The Bertz CT molecular complexity index is 448. The second-order valence-electron chi connectivity index (χ2n) is 6.11. The highest BCUT2D eigenvalue weighted by molar-refractivity contribution is 5.75. The molecule has 0 heterocycles. The number of unbranched alkanes of at least 4 members (excludes halogenated alkanes) is 1. The third-order valence-electron chi connectivity index (χ3n) is 2.83. The summed E-state index contributed by atoms with van der Waals surface area (Å²) in [6.45, 7) is 8.18. The Labute approximate surface area is 127 Å². The van der Waals surface area contributed by atoms with Crippen molar-refractivity contribution in [2.24, 2.45) is 0 Å². The summed E-state index contributed by atoms with van der Waals surface area (Å²) >= 11 is 0. The first kappa shape index (κ1) is 17.5. The molecule has 1 aromatic rings. The van der Waals surface area contributed by atoms with Crippen molar-refractivity contribution in [1.82, 2.24) is 0 Å². The van der Waals surface area contributed by atoms with Gasteiger partial charge in [0.05, 0.1) is 12.2 Å². The molecule has 0 bridgehead atoms. The summed E-state index contributed by atoms with van der Waals surface area (Å²) in [7, 11) is 0. The molecule has 0 amide bonds. The van der Waals surface area contributed by atoms with Crippen molar-refractivity contribution in [3.05, 3.63) is 29.8 Å². The van der Waals surface area contributed by atoms with Gasteiger partial charge in [-0.2, -0.15) is 0 Å². The lowest BCUT2D eigenvalue weighted by Crippen LogP contribution is -2.36. The highest BCUT2D eigenvalue weighted by Crippen LogP contribution is 2.18. The zero-order chi connectivity index (χ0) is 15.9. The van der Waals surface area contributed by atoms with E-state index in [1.54, 1.807) is 18.2 Å². The van der Waals surface area contributed by atoms with E-state index in [9.17, 15) is 9.90 Å². The van der Waals surface area contributed by atoms with Gasteiger partial charge in [0.1, 0.15) is 5.75 Å². The number of carbonyl (C=O) groups is 1. The minimum atomic E-state index is -0.663. The molecule has 1 unspecified atom stereocenters. The molecular weight excluding hydrogens is 268 g/mol. The number of rotatable bonds is 7. The number of esters is 1. The maximum atomic E-state index is 12.2. The number of aromatic hydroxyl groups is 1. The third kappa shape index (κ3) is 7.14. The van der Waals surface area contributed by atoms with Gasteiger partial charge in [-0.15, -0.1) is 0 Å². The first-order valence-corrected chi connectivity index (χ1v) is 7.44. The quantitative estimate of drug-likeness (QED) is 0.618. The average molecular weight is 294 g/mol. The molecular formula is C17H26O4. The van der Waals surface area contributed by atoms with E-state index in [4.69, 9.17) is 9.47 Å². The Hall–Kier alpha value is -1.55. The zero-order valence-electron chi connectivity index (χ0n) is 13.4. The molecule has 1 rings (SSSR count). The molecule has 1 aromatic carbocycles. The number of hydrogen-bond donors (Lipinski definition) is 1. The van der Waals surface area contributed by atoms with Gasteiger partial charge in [-0.3, -0.25) is 0 Å². The molecule has 0 spiro atoms. The summed E-state index contributed by atoms with van der Waals surface area (Å²) in [4.78, 5) is 12.2. The molecule has 118 valence electrons. The van der Waals surface area contributed by atoms with Gasteiger partial charge in [-0.25, -0.2) is 4.79 Å². The predicted octanol–water partition coefficient (Wildman–Crippen LogP) is 3.46. The van der Waals surface area contributed by atoms with Crippen LogP contribution in [0.15, 0.2) is 24.3 Å². The summed E-state index contributed by atoms with van der Waals surface area (Å²) in [6.07, 6.45) is 1.55. The molecule has 0 fully saturated rings. The minimum absolute atomic E-state index is 0.182. The fourth-order valence-corrected chi connectivity index (χ4v) is 1.91. The van der Waals surface area contributed by atoms with Crippen LogP contribution in [0.1, 0.15) is 46.1 Å². The lowest BCUT2D eigenvalue weighted by Gasteiger charge is -2.26. The number of benzene rings is 1. The topological polar surface area (TPSA) is 55.8 Å². The predicted molar refractivity (Wildman–Crippen MR) is 82.3 cm³/mol. The number of carbonyl (C=O) groups excluding carboxylic acids is 1. The smallest absolute Gasteiger partial charge is 0.335 e. The molecule has 21 heavy (non-hydrogen) atoms. The van der Waals surface area contributed by atoms with Crippen molar-refractivity contribution in [2.45, 2.75) is 58.7 Å². The molecule has 0 aliphatic rings. The van der Waals surface area contributed by atoms with Crippen molar-refractivity contribution in [3.8, 4) is 5.75 Å². The molecule has 0 saturated heterocycles. The van der Waals surface area contributed by atoms with Gasteiger partial charge >= 0.3 is 5.97 Å². The van der Waals surface area contributed by atoms with Gasteiger partial charge in [0, 0.05) is 6.42 Å². The van der Waals surface area contributed by atoms with Crippen LogP contribution in [0.25, 0.3) is 0 Å². The van der Waals surface area contributed by atoms with Crippen LogP contribution in [-0.2, 0) is 20.7 Å². The van der Waals surface area contributed by atoms with E-state index in [1.807, 2.05) is 33.8 Å². The van der Waals surface area contributed by atoms with Crippen LogP contribution in [0.2, 0.25) is 0 Å². The minimum Gasteiger partial charge on any atom is -0.508 e. The van der Waals surface area contributed by atoms with Crippen molar-refractivity contribution >= 4 is 5.97 Å². The van der Waals surface area contributed by atoms with E-state index in [2.05, 4.69) is 0 Å². The van der Waals surface area contributed by atoms with Crippen molar-refractivity contribution in [2.75, 3.05) is 6.61 Å². The number of ether oxygens (including phenoxy) is 2. The first-order valence-electron chi connectivity index (χ1n) is 7.44. The Morgan fingerprint density at radius 2 is 2.05 bits per heavy atom. The molecule has 4 heteroatoms. The lowest BCUT2D eigenvalue weighted by atomic mass is 10.1. The second-order valence-corrected chi connectivity index (χ2v) is 6.11. The van der Waals surface area contributed by atoms with E-state index >= 15 is 0 Å². The SMILES string of the molecule is CCCCOC(=O)C(Cc1cccc(O)c1)OC(C)(C)C. The Morgan fingerprint density at radius 1 is 1.33 bits per heavy atom. The standard InChI is InChI=1S/C17H26O4/c1-5-6-10-20-16(19)15(21-17(2,3)4)12-13-8-7-9-14(18)11-13/h7-9,11,15,18H,5-6,10,12H2,1-4H3. The maximum Gasteiger partial charge on any atom is 0.335 e. The summed E-state index contributed by atoms with van der Waals surface area (Å²) in [5.41, 5.74) is 0.405. The zero-order valence-corrected chi connectivity index (χ0v) is 13.4. The molecule has 0 aliphatic heterocycles. The van der Waals surface area contributed by atoms with Gasteiger partial charge < -0.3 is 14.6 Å². The Morgan fingerprint density at radius 3 is 2.62 bits per heavy atom. The van der Waals surface area contributed by atoms with Crippen molar-refractivity contribution in [1.29, 1.82) is 0 Å². The molecule has 0 radical (unpaired) electrons. The van der Waals surface area contributed by atoms with Gasteiger partial charge in [0.15, 0.2) is 6.10 Å². The summed E-state index contributed by atoms with van der Waals surface area (Å²) in [5.74, 6) is -0.164. The van der Waals surface area contributed by atoms with E-state index in [0.717, 1.165) is 18.4 Å². The second kappa shape index (κ2) is 8.03. The summed E-state index contributed by atoms with van der Waals surface area (Å²) in [6, 6.07) is 6.85. The van der Waals surface area contributed by atoms with Crippen molar-refractivity contribution < 1.29 is 19.4 Å². The maximum absolute atomic E-state index is 12.2. The van der Waals surface area contributed by atoms with Crippen LogP contribution in [0.4, 0.5) is 0 Å². The fraction of sp³-hybridized carbons (Fsp3) is 0.588. The summed E-state index contributed by atoms with van der Waals surface area (Å²) < 4.78 is 11.1. The lowest BCUT2D eigenvalue weighted by molar-refractivity contribution is -0.166. The van der Waals surface area contributed by atoms with E-state index < -0.39 is 11.7 Å². The van der Waals surface area contributed by atoms with Crippen LogP contribution >= 0.6 is 0 Å². The highest BCUT2D eigenvalue weighted by Gasteiger charge is 2.27. The highest BCUT2D eigenvalue weighted by atomic mass is 16.6. The number of phenols is 1. The molecule has 0 aromatic heterocycles. The van der Waals surface area contributed by atoms with Crippen molar-refractivity contribution in [3.63, 3.8) is 0 Å². The molecule has 1 atom stereocenters. The van der Waals surface area contributed by atoms with Gasteiger partial charge in [-0.05, 0) is 44.9 Å². The Kier molecular flexibility index (Phi) is 6.69. The van der Waals surface area contributed by atoms with E-state index in [0.29, 0.717) is 13.0 Å². The third-order valence-corrected chi connectivity index (χ3v) is 2.83. The fourth-order valence-electron chi connectivity index (χ4n) is 1.91. The van der Waals surface area contributed by atoms with Gasteiger partial charge in [0.2, 0.25) is 0 Å². The largest absolute Gasteiger partial charge is 0.508 e. The molecule has 1 N–H and O–H groups in total. The molecule has 0 saturated carbocycles. The van der Waals surface area contributed by atoms with Gasteiger partial charge in [-0.1, -0.05) is 25.5 Å². The van der Waals surface area contributed by atoms with Crippen LogP contribution in [0, 0.1) is 0 Å². The van der Waals surface area contributed by atoms with Crippen LogP contribution in [-0.4, -0.2) is 29.4 Å². The van der Waals surface area contributed by atoms with Crippen LogP contribution < -0.4 is 0 Å².